The number of carbonyl (C=O) groups excluding carboxylic acids is 1. The summed E-state index contributed by atoms with van der Waals surface area (Å²) < 4.78 is 0. The Morgan fingerprint density at radius 1 is 1.50 bits per heavy atom. The molecule has 1 N–H and O–H groups in total. The number of aryl methyl sites for hydroxylation is 1. The second-order valence-electron chi connectivity index (χ2n) is 2.90. The molecule has 5 heteroatoms. The molecule has 0 aliphatic rings. The number of hydrogen-bond acceptors (Lipinski definition) is 4. The maximum absolute atomic E-state index is 11.1. The average molecular weight is 213 g/mol. The van der Waals surface area contributed by atoms with Crippen LogP contribution < -0.4 is 0 Å². The van der Waals surface area contributed by atoms with Crippen LogP contribution in [0.25, 0.3) is 0 Å². The summed E-state index contributed by atoms with van der Waals surface area (Å²) in [7, 11) is 0. The lowest BCUT2D eigenvalue weighted by atomic mass is 10.2. The third kappa shape index (κ3) is 2.38. The summed E-state index contributed by atoms with van der Waals surface area (Å²) in [5.74, 6) is -0.897. The van der Waals surface area contributed by atoms with Gasteiger partial charge < -0.3 is 5.11 Å². The summed E-state index contributed by atoms with van der Waals surface area (Å²) in [5.41, 5.74) is 0.487. The molecule has 0 atom stereocenters. The van der Waals surface area contributed by atoms with Gasteiger partial charge in [-0.1, -0.05) is 6.92 Å². The largest absolute Gasteiger partial charge is 0.477 e. The Hall–Kier alpha value is -1.23. The Morgan fingerprint density at radius 2 is 2.14 bits per heavy atom. The van der Waals surface area contributed by atoms with Crippen LogP contribution in [0.3, 0.4) is 0 Å². The number of Topliss-reactive ketones (excluding diaryl/α,β-unsaturated/α-hetero) is 1. The van der Waals surface area contributed by atoms with Crippen molar-refractivity contribution in [2.24, 2.45) is 0 Å². The van der Waals surface area contributed by atoms with Crippen molar-refractivity contribution in [3.63, 3.8) is 0 Å². The molecule has 0 amide bonds. The topological polar surface area (TPSA) is 67.3 Å². The molecule has 0 saturated carbocycles. The number of carboxylic acid groups (broad SMARTS) is 1. The van der Waals surface area contributed by atoms with Gasteiger partial charge in [0.25, 0.3) is 0 Å². The molecule has 0 aliphatic heterocycles. The first-order valence-electron chi connectivity index (χ1n) is 4.26. The zero-order valence-corrected chi connectivity index (χ0v) is 8.85. The molecule has 1 rings (SSSR count). The number of hydrogen-bond donors (Lipinski definition) is 1. The van der Waals surface area contributed by atoms with Gasteiger partial charge in [-0.3, -0.25) is 4.79 Å². The molecule has 0 radical (unpaired) electrons. The SMILES string of the molecule is CCC(=O)Cc1nc(C)c(C(=O)O)s1. The van der Waals surface area contributed by atoms with E-state index < -0.39 is 5.97 Å². The van der Waals surface area contributed by atoms with Crippen molar-refractivity contribution in [2.75, 3.05) is 0 Å². The molecule has 0 fully saturated rings. The summed E-state index contributed by atoms with van der Waals surface area (Å²) >= 11 is 1.08. The van der Waals surface area contributed by atoms with Gasteiger partial charge in [0, 0.05) is 6.42 Å². The van der Waals surface area contributed by atoms with Gasteiger partial charge in [0.15, 0.2) is 0 Å². The molecule has 1 aromatic heterocycles. The van der Waals surface area contributed by atoms with E-state index in [9.17, 15) is 9.59 Å². The Morgan fingerprint density at radius 3 is 2.57 bits per heavy atom. The van der Waals surface area contributed by atoms with Crippen molar-refractivity contribution in [1.82, 2.24) is 4.98 Å². The number of ketones is 1. The third-order valence-corrected chi connectivity index (χ3v) is 2.92. The first-order chi connectivity index (χ1) is 6.54. The van der Waals surface area contributed by atoms with E-state index in [1.165, 1.54) is 0 Å². The van der Waals surface area contributed by atoms with Crippen LogP contribution in [0.1, 0.15) is 33.7 Å². The smallest absolute Gasteiger partial charge is 0.347 e. The molecule has 1 heterocycles. The second-order valence-corrected chi connectivity index (χ2v) is 3.98. The van der Waals surface area contributed by atoms with E-state index in [0.717, 1.165) is 11.3 Å². The standard InChI is InChI=1S/C9H11NO3S/c1-3-6(11)4-7-10-5(2)8(14-7)9(12)13/h3-4H2,1-2H3,(H,12,13). The summed E-state index contributed by atoms with van der Waals surface area (Å²) in [6.07, 6.45) is 0.705. The van der Waals surface area contributed by atoms with Crippen LogP contribution in [0.15, 0.2) is 0 Å². The van der Waals surface area contributed by atoms with Crippen LogP contribution >= 0.6 is 11.3 Å². The lowest BCUT2D eigenvalue weighted by Crippen LogP contribution is -1.99. The predicted molar refractivity (Wildman–Crippen MR) is 52.8 cm³/mol. The van der Waals surface area contributed by atoms with Gasteiger partial charge in [-0.15, -0.1) is 11.3 Å². The monoisotopic (exact) mass is 213 g/mol. The van der Waals surface area contributed by atoms with Gasteiger partial charge in [0.05, 0.1) is 12.1 Å². The van der Waals surface area contributed by atoms with E-state index >= 15 is 0 Å². The minimum Gasteiger partial charge on any atom is -0.477 e. The molecule has 0 aliphatic carbocycles. The Kier molecular flexibility index (Phi) is 3.35. The summed E-state index contributed by atoms with van der Waals surface area (Å²) in [5, 5.41) is 9.35. The molecule has 0 bridgehead atoms. The molecule has 0 spiro atoms. The molecular weight excluding hydrogens is 202 g/mol. The maximum atomic E-state index is 11.1. The van der Waals surface area contributed by atoms with E-state index in [4.69, 9.17) is 5.11 Å². The van der Waals surface area contributed by atoms with Gasteiger partial charge in [-0.05, 0) is 6.92 Å². The molecule has 0 unspecified atom stereocenters. The van der Waals surface area contributed by atoms with Crippen molar-refractivity contribution in [1.29, 1.82) is 0 Å². The normalized spacial score (nSPS) is 10.1. The third-order valence-electron chi connectivity index (χ3n) is 1.78. The summed E-state index contributed by atoms with van der Waals surface area (Å²) in [6, 6.07) is 0. The molecule has 4 nitrogen and oxygen atoms in total. The van der Waals surface area contributed by atoms with E-state index in [1.54, 1.807) is 13.8 Å². The number of aromatic nitrogens is 1. The van der Waals surface area contributed by atoms with E-state index in [1.807, 2.05) is 0 Å². The van der Waals surface area contributed by atoms with Crippen molar-refractivity contribution in [2.45, 2.75) is 26.7 Å². The van der Waals surface area contributed by atoms with Crippen molar-refractivity contribution in [3.05, 3.63) is 15.6 Å². The van der Waals surface area contributed by atoms with Gasteiger partial charge >= 0.3 is 5.97 Å². The fourth-order valence-electron chi connectivity index (χ4n) is 1.02. The van der Waals surface area contributed by atoms with Gasteiger partial charge in [0.2, 0.25) is 0 Å². The fourth-order valence-corrected chi connectivity index (χ4v) is 1.95. The number of carbonyl (C=O) groups is 2. The number of aromatic carboxylic acids is 1. The molecular formula is C9H11NO3S. The maximum Gasteiger partial charge on any atom is 0.347 e. The number of thiazole rings is 1. The van der Waals surface area contributed by atoms with Gasteiger partial charge in [-0.2, -0.15) is 0 Å². The molecule has 0 saturated heterocycles. The van der Waals surface area contributed by atoms with Gasteiger partial charge in [-0.25, -0.2) is 9.78 Å². The summed E-state index contributed by atoms with van der Waals surface area (Å²) in [4.78, 5) is 26.0. The fraction of sp³-hybridized carbons (Fsp3) is 0.444. The van der Waals surface area contributed by atoms with Crippen LogP contribution in [0.5, 0.6) is 0 Å². The molecule has 0 aromatic carbocycles. The minimum absolute atomic E-state index is 0.0793. The van der Waals surface area contributed by atoms with Crippen LogP contribution in [-0.4, -0.2) is 21.8 Å². The second kappa shape index (κ2) is 4.32. The number of rotatable bonds is 4. The Labute approximate surface area is 85.6 Å². The van der Waals surface area contributed by atoms with E-state index in [2.05, 4.69) is 4.98 Å². The predicted octanol–water partition coefficient (Wildman–Crippen LogP) is 1.67. The number of nitrogens with zero attached hydrogens (tertiary/aromatic N) is 1. The highest BCUT2D eigenvalue weighted by atomic mass is 32.1. The Bertz CT molecular complexity index is 370. The van der Waals surface area contributed by atoms with Crippen molar-refractivity contribution in [3.8, 4) is 0 Å². The average Bonchev–Trinajstić information content (AvgIpc) is 2.46. The summed E-state index contributed by atoms with van der Waals surface area (Å²) in [6.45, 7) is 3.42. The van der Waals surface area contributed by atoms with Crippen LogP contribution in [0.2, 0.25) is 0 Å². The first-order valence-corrected chi connectivity index (χ1v) is 5.07. The highest BCUT2D eigenvalue weighted by Crippen LogP contribution is 2.18. The minimum atomic E-state index is -0.977. The highest BCUT2D eigenvalue weighted by molar-refractivity contribution is 7.13. The lowest BCUT2D eigenvalue weighted by Gasteiger charge is -1.90. The van der Waals surface area contributed by atoms with Crippen LogP contribution in [0.4, 0.5) is 0 Å². The molecule has 76 valence electrons. The number of carboxylic acids is 1. The lowest BCUT2D eigenvalue weighted by molar-refractivity contribution is -0.118. The van der Waals surface area contributed by atoms with Crippen molar-refractivity contribution >= 4 is 23.1 Å². The van der Waals surface area contributed by atoms with E-state index in [0.29, 0.717) is 17.1 Å². The van der Waals surface area contributed by atoms with E-state index in [-0.39, 0.29) is 17.1 Å². The zero-order chi connectivity index (χ0) is 10.7. The van der Waals surface area contributed by atoms with Crippen LogP contribution in [0, 0.1) is 6.92 Å². The van der Waals surface area contributed by atoms with Gasteiger partial charge in [0.1, 0.15) is 15.7 Å². The highest BCUT2D eigenvalue weighted by Gasteiger charge is 2.14. The molecule has 1 aromatic rings. The quantitative estimate of drug-likeness (QED) is 0.826. The molecule has 14 heavy (non-hydrogen) atoms. The Balaban J connectivity index is 2.86. The first kappa shape index (κ1) is 10.8. The van der Waals surface area contributed by atoms with Crippen LogP contribution in [-0.2, 0) is 11.2 Å². The zero-order valence-electron chi connectivity index (χ0n) is 8.03. The van der Waals surface area contributed by atoms with Crippen molar-refractivity contribution < 1.29 is 14.7 Å².